The minimum Gasteiger partial charge on any atom is -0.493 e. The molecule has 0 radical (unpaired) electrons. The predicted molar refractivity (Wildman–Crippen MR) is 99.9 cm³/mol. The first kappa shape index (κ1) is 15.9. The topological polar surface area (TPSA) is 72.8 Å². The number of aromatic hydroxyl groups is 1. The van der Waals surface area contributed by atoms with Crippen molar-refractivity contribution in [1.29, 1.82) is 0 Å². The fourth-order valence-electron chi connectivity index (χ4n) is 2.01. The molecular formula is C15H10BrClN4OS. The molecule has 2 aromatic carbocycles. The van der Waals surface area contributed by atoms with E-state index < -0.39 is 0 Å². The first-order valence-corrected chi connectivity index (χ1v) is 8.09. The zero-order valence-corrected chi connectivity index (χ0v) is 14.7. The van der Waals surface area contributed by atoms with E-state index in [1.807, 2.05) is 18.2 Å². The highest BCUT2D eigenvalue weighted by molar-refractivity contribution is 9.10. The van der Waals surface area contributed by atoms with Crippen LogP contribution in [0.3, 0.4) is 0 Å². The first-order valence-electron chi connectivity index (χ1n) is 6.51. The SMILES string of the molecule is Oc1[nH]c2ccc(Br)cc2c1N=NC(=S)Nc1ccc(Cl)cc1. The number of aromatic nitrogens is 1. The van der Waals surface area contributed by atoms with E-state index in [1.165, 1.54) is 0 Å². The highest BCUT2D eigenvalue weighted by Gasteiger charge is 2.10. The number of anilines is 1. The molecule has 0 saturated carbocycles. The quantitative estimate of drug-likeness (QED) is 0.371. The summed E-state index contributed by atoms with van der Waals surface area (Å²) in [5, 5.41) is 22.4. The van der Waals surface area contributed by atoms with Crippen molar-refractivity contribution < 1.29 is 5.11 Å². The van der Waals surface area contributed by atoms with Gasteiger partial charge in [-0.3, -0.25) is 0 Å². The van der Waals surface area contributed by atoms with Crippen LogP contribution in [0.5, 0.6) is 5.88 Å². The number of hydrogen-bond acceptors (Lipinski definition) is 3. The second-order valence-corrected chi connectivity index (χ2v) is 6.39. The molecule has 3 N–H and O–H groups in total. The van der Waals surface area contributed by atoms with Crippen molar-refractivity contribution >= 4 is 67.1 Å². The summed E-state index contributed by atoms with van der Waals surface area (Å²) in [6.07, 6.45) is 0. The van der Waals surface area contributed by atoms with Crippen LogP contribution < -0.4 is 5.32 Å². The lowest BCUT2D eigenvalue weighted by atomic mass is 10.2. The van der Waals surface area contributed by atoms with Crippen molar-refractivity contribution in [2.75, 3.05) is 5.32 Å². The molecule has 1 aromatic heterocycles. The van der Waals surface area contributed by atoms with Gasteiger partial charge in [0, 0.05) is 20.6 Å². The van der Waals surface area contributed by atoms with Crippen LogP contribution in [-0.4, -0.2) is 15.2 Å². The summed E-state index contributed by atoms with van der Waals surface area (Å²) < 4.78 is 0.877. The van der Waals surface area contributed by atoms with Crippen molar-refractivity contribution in [2.45, 2.75) is 0 Å². The van der Waals surface area contributed by atoms with Crippen LogP contribution in [0.2, 0.25) is 5.02 Å². The van der Waals surface area contributed by atoms with Crippen LogP contribution in [0.25, 0.3) is 10.9 Å². The molecular weight excluding hydrogens is 400 g/mol. The maximum Gasteiger partial charge on any atom is 0.218 e. The Bertz CT molecular complexity index is 908. The summed E-state index contributed by atoms with van der Waals surface area (Å²) in [6, 6.07) is 12.6. The lowest BCUT2D eigenvalue weighted by molar-refractivity contribution is 0.459. The van der Waals surface area contributed by atoms with Gasteiger partial charge in [-0.1, -0.05) is 27.5 Å². The third-order valence-electron chi connectivity index (χ3n) is 3.05. The molecule has 3 rings (SSSR count). The van der Waals surface area contributed by atoms with E-state index in [1.54, 1.807) is 24.3 Å². The number of H-pyrrole nitrogens is 1. The van der Waals surface area contributed by atoms with Crippen LogP contribution in [0.4, 0.5) is 11.4 Å². The van der Waals surface area contributed by atoms with E-state index in [9.17, 15) is 5.11 Å². The molecule has 8 heteroatoms. The van der Waals surface area contributed by atoms with Gasteiger partial charge in [0.05, 0.1) is 5.52 Å². The molecule has 3 aromatic rings. The van der Waals surface area contributed by atoms with Gasteiger partial charge in [0.1, 0.15) is 0 Å². The van der Waals surface area contributed by atoms with E-state index >= 15 is 0 Å². The maximum absolute atomic E-state index is 9.96. The third kappa shape index (κ3) is 3.69. The molecule has 0 bridgehead atoms. The molecule has 0 aliphatic rings. The summed E-state index contributed by atoms with van der Waals surface area (Å²) >= 11 is 14.3. The van der Waals surface area contributed by atoms with Gasteiger partial charge < -0.3 is 15.4 Å². The summed E-state index contributed by atoms with van der Waals surface area (Å²) in [5.74, 6) is -0.0591. The van der Waals surface area contributed by atoms with Crippen LogP contribution in [0.15, 0.2) is 57.2 Å². The van der Waals surface area contributed by atoms with Crippen molar-refractivity contribution in [2.24, 2.45) is 10.2 Å². The molecule has 0 fully saturated rings. The number of hydrogen-bond donors (Lipinski definition) is 3. The Balaban J connectivity index is 1.82. The van der Waals surface area contributed by atoms with Crippen molar-refractivity contribution in [3.63, 3.8) is 0 Å². The Morgan fingerprint density at radius 2 is 1.96 bits per heavy atom. The molecule has 0 aliphatic carbocycles. The van der Waals surface area contributed by atoms with Crippen molar-refractivity contribution in [3.8, 4) is 5.88 Å². The van der Waals surface area contributed by atoms with E-state index in [0.29, 0.717) is 10.7 Å². The van der Waals surface area contributed by atoms with Gasteiger partial charge in [0.15, 0.2) is 5.69 Å². The second kappa shape index (κ2) is 6.66. The Labute approximate surface area is 150 Å². The molecule has 0 saturated heterocycles. The molecule has 0 unspecified atom stereocenters. The molecule has 0 amide bonds. The van der Waals surface area contributed by atoms with Crippen molar-refractivity contribution in [3.05, 3.63) is 52.0 Å². The van der Waals surface area contributed by atoms with Gasteiger partial charge in [0.25, 0.3) is 0 Å². The first-order chi connectivity index (χ1) is 11.0. The molecule has 1 heterocycles. The Morgan fingerprint density at radius 1 is 1.22 bits per heavy atom. The fourth-order valence-corrected chi connectivity index (χ4v) is 2.66. The lowest BCUT2D eigenvalue weighted by Gasteiger charge is -2.02. The lowest BCUT2D eigenvalue weighted by Crippen LogP contribution is -2.04. The number of nitrogens with one attached hydrogen (secondary N) is 2. The number of fused-ring (bicyclic) bond motifs is 1. The average Bonchev–Trinajstić information content (AvgIpc) is 2.82. The predicted octanol–water partition coefficient (Wildman–Crippen LogP) is 5.77. The van der Waals surface area contributed by atoms with E-state index in [0.717, 1.165) is 21.1 Å². The summed E-state index contributed by atoms with van der Waals surface area (Å²) in [6.45, 7) is 0. The number of rotatable bonds is 2. The monoisotopic (exact) mass is 408 g/mol. The smallest absolute Gasteiger partial charge is 0.218 e. The molecule has 5 nitrogen and oxygen atoms in total. The van der Waals surface area contributed by atoms with Gasteiger partial charge in [-0.15, -0.1) is 10.2 Å². The Morgan fingerprint density at radius 3 is 2.70 bits per heavy atom. The highest BCUT2D eigenvalue weighted by atomic mass is 79.9. The summed E-state index contributed by atoms with van der Waals surface area (Å²) in [4.78, 5) is 2.84. The average molecular weight is 410 g/mol. The highest BCUT2D eigenvalue weighted by Crippen LogP contribution is 2.36. The fraction of sp³-hybridized carbons (Fsp3) is 0. The van der Waals surface area contributed by atoms with Crippen LogP contribution in [-0.2, 0) is 0 Å². The minimum absolute atomic E-state index is 0.0591. The molecule has 116 valence electrons. The number of aromatic amines is 1. The standard InChI is InChI=1S/C15H10BrClN4OS/c16-8-1-6-12-11(7-8)13(14(22)19-12)20-21-15(23)18-10-4-2-9(17)3-5-10/h1-7,19,22H,(H,18,23). The third-order valence-corrected chi connectivity index (χ3v) is 3.98. The number of azo groups is 1. The van der Waals surface area contributed by atoms with Crippen LogP contribution >= 0.6 is 39.7 Å². The Kier molecular flexibility index (Phi) is 4.61. The maximum atomic E-state index is 9.96. The molecule has 0 atom stereocenters. The van der Waals surface area contributed by atoms with Gasteiger partial charge >= 0.3 is 0 Å². The normalized spacial score (nSPS) is 11.2. The zero-order valence-electron chi connectivity index (χ0n) is 11.5. The second-order valence-electron chi connectivity index (χ2n) is 4.65. The minimum atomic E-state index is -0.0591. The van der Waals surface area contributed by atoms with Gasteiger partial charge in [-0.25, -0.2) is 0 Å². The Hall–Kier alpha value is -1.96. The van der Waals surface area contributed by atoms with E-state index in [4.69, 9.17) is 23.8 Å². The zero-order chi connectivity index (χ0) is 16.4. The van der Waals surface area contributed by atoms with E-state index in [2.05, 4.69) is 36.5 Å². The molecule has 23 heavy (non-hydrogen) atoms. The van der Waals surface area contributed by atoms with E-state index in [-0.39, 0.29) is 11.0 Å². The van der Waals surface area contributed by atoms with Gasteiger partial charge in [-0.2, -0.15) is 0 Å². The van der Waals surface area contributed by atoms with Gasteiger partial charge in [0.2, 0.25) is 11.0 Å². The molecule has 0 spiro atoms. The van der Waals surface area contributed by atoms with Crippen LogP contribution in [0.1, 0.15) is 0 Å². The number of thiocarbonyl (C=S) groups is 1. The van der Waals surface area contributed by atoms with Crippen LogP contribution in [0, 0.1) is 0 Å². The van der Waals surface area contributed by atoms with Crippen molar-refractivity contribution in [1.82, 2.24) is 4.98 Å². The summed E-state index contributed by atoms with van der Waals surface area (Å²) in [7, 11) is 0. The molecule has 0 aliphatic heterocycles. The number of benzene rings is 2. The number of halogens is 2. The summed E-state index contributed by atoms with van der Waals surface area (Å²) in [5.41, 5.74) is 1.85. The number of nitrogens with zero attached hydrogens (tertiary/aromatic N) is 2. The van der Waals surface area contributed by atoms with Gasteiger partial charge in [-0.05, 0) is 54.7 Å². The largest absolute Gasteiger partial charge is 0.493 e.